The van der Waals surface area contributed by atoms with Crippen LogP contribution in [-0.2, 0) is 0 Å². The van der Waals surface area contributed by atoms with E-state index in [2.05, 4.69) is 39.2 Å². The summed E-state index contributed by atoms with van der Waals surface area (Å²) >= 11 is 5.96. The van der Waals surface area contributed by atoms with Crippen LogP contribution >= 0.6 is 11.6 Å². The van der Waals surface area contributed by atoms with Crippen molar-refractivity contribution in [1.29, 1.82) is 0 Å². The van der Waals surface area contributed by atoms with Crippen molar-refractivity contribution in [3.05, 3.63) is 35.6 Å². The van der Waals surface area contributed by atoms with Crippen LogP contribution in [0.4, 0.5) is 5.82 Å². The molecule has 0 saturated heterocycles. The molecule has 0 aliphatic heterocycles. The number of hydrogen-bond acceptors (Lipinski definition) is 6. The van der Waals surface area contributed by atoms with Crippen molar-refractivity contribution in [1.82, 2.24) is 20.0 Å². The smallest absolute Gasteiger partial charge is 0.263 e. The molecule has 0 amide bonds. The number of anilines is 1. The van der Waals surface area contributed by atoms with Crippen molar-refractivity contribution in [3.8, 4) is 11.3 Å². The minimum atomic E-state index is 0.472. The third kappa shape index (κ3) is 3.49. The molecule has 0 saturated carbocycles. The zero-order valence-corrected chi connectivity index (χ0v) is 14.5. The minimum absolute atomic E-state index is 0.472. The molecule has 0 fully saturated rings. The first-order chi connectivity index (χ1) is 11.7. The Bertz CT molecular complexity index is 798. The quantitative estimate of drug-likeness (QED) is 0.704. The van der Waals surface area contributed by atoms with Crippen molar-refractivity contribution >= 4 is 28.5 Å². The van der Waals surface area contributed by atoms with Gasteiger partial charge in [0.15, 0.2) is 0 Å². The molecule has 3 aromatic rings. The summed E-state index contributed by atoms with van der Waals surface area (Å²) in [4.78, 5) is 10.9. The molecule has 0 radical (unpaired) electrons. The van der Waals surface area contributed by atoms with Gasteiger partial charge in [-0.05, 0) is 25.2 Å². The molecule has 0 atom stereocenters. The molecular weight excluding hydrogens is 326 g/mol. The zero-order valence-electron chi connectivity index (χ0n) is 13.8. The predicted molar refractivity (Wildman–Crippen MR) is 96.3 cm³/mol. The lowest BCUT2D eigenvalue weighted by Crippen LogP contribution is -2.28. The number of fused-ring (bicyclic) bond motifs is 1. The van der Waals surface area contributed by atoms with Crippen LogP contribution < -0.4 is 5.32 Å². The van der Waals surface area contributed by atoms with Crippen LogP contribution in [0.25, 0.3) is 22.4 Å². The average molecular weight is 346 g/mol. The molecule has 24 heavy (non-hydrogen) atoms. The second-order valence-electron chi connectivity index (χ2n) is 5.39. The second-order valence-corrected chi connectivity index (χ2v) is 5.83. The Morgan fingerprint density at radius 2 is 1.88 bits per heavy atom. The molecule has 3 rings (SSSR count). The molecule has 0 spiro atoms. The fourth-order valence-electron chi connectivity index (χ4n) is 2.60. The number of benzene rings is 1. The highest BCUT2D eigenvalue weighted by Crippen LogP contribution is 2.31. The molecular formula is C17H20ClN5O. The van der Waals surface area contributed by atoms with Crippen LogP contribution in [0.5, 0.6) is 0 Å². The fraction of sp³-hybridized carbons (Fsp3) is 0.353. The summed E-state index contributed by atoms with van der Waals surface area (Å²) in [7, 11) is 0. The van der Waals surface area contributed by atoms with Gasteiger partial charge in [0.05, 0.1) is 0 Å². The Hall–Kier alpha value is -2.18. The lowest BCUT2D eigenvalue weighted by molar-refractivity contribution is 0.316. The Balaban J connectivity index is 1.88. The first kappa shape index (κ1) is 16.7. The minimum Gasteiger partial charge on any atom is -0.368 e. The largest absolute Gasteiger partial charge is 0.368 e. The molecule has 0 unspecified atom stereocenters. The van der Waals surface area contributed by atoms with Gasteiger partial charge in [-0.2, -0.15) is 4.98 Å². The Morgan fingerprint density at radius 3 is 2.58 bits per heavy atom. The van der Waals surface area contributed by atoms with Crippen LogP contribution in [0.2, 0.25) is 5.02 Å². The van der Waals surface area contributed by atoms with Crippen LogP contribution in [0.3, 0.4) is 0 Å². The van der Waals surface area contributed by atoms with E-state index in [1.54, 1.807) is 0 Å². The van der Waals surface area contributed by atoms with Gasteiger partial charge in [-0.1, -0.05) is 42.7 Å². The monoisotopic (exact) mass is 345 g/mol. The van der Waals surface area contributed by atoms with Gasteiger partial charge in [0.2, 0.25) is 0 Å². The summed E-state index contributed by atoms with van der Waals surface area (Å²) in [5, 5.41) is 9.01. The average Bonchev–Trinajstić information content (AvgIpc) is 3.04. The maximum atomic E-state index is 5.96. The highest BCUT2D eigenvalue weighted by molar-refractivity contribution is 6.30. The maximum absolute atomic E-state index is 5.96. The number of aromatic nitrogens is 3. The van der Waals surface area contributed by atoms with E-state index in [1.807, 2.05) is 24.3 Å². The van der Waals surface area contributed by atoms with Crippen LogP contribution in [-0.4, -0.2) is 46.2 Å². The van der Waals surface area contributed by atoms with Gasteiger partial charge in [0, 0.05) is 23.7 Å². The second kappa shape index (κ2) is 7.59. The van der Waals surface area contributed by atoms with Crippen molar-refractivity contribution in [2.75, 3.05) is 31.5 Å². The molecule has 6 nitrogen and oxygen atoms in total. The summed E-state index contributed by atoms with van der Waals surface area (Å²) in [5.41, 5.74) is 2.10. The van der Waals surface area contributed by atoms with Gasteiger partial charge in [-0.3, -0.25) is 0 Å². The van der Waals surface area contributed by atoms with E-state index in [-0.39, 0.29) is 0 Å². The van der Waals surface area contributed by atoms with Crippen LogP contribution in [0.15, 0.2) is 35.1 Å². The first-order valence-electron chi connectivity index (χ1n) is 8.05. The van der Waals surface area contributed by atoms with Gasteiger partial charge in [0.1, 0.15) is 23.2 Å². The molecule has 0 aliphatic carbocycles. The highest BCUT2D eigenvalue weighted by atomic mass is 35.5. The molecule has 126 valence electrons. The molecule has 1 N–H and O–H groups in total. The molecule has 1 aromatic carbocycles. The summed E-state index contributed by atoms with van der Waals surface area (Å²) in [6.45, 7) is 8.11. The van der Waals surface area contributed by atoms with Crippen molar-refractivity contribution in [3.63, 3.8) is 0 Å². The molecule has 7 heteroatoms. The van der Waals surface area contributed by atoms with Gasteiger partial charge in [-0.25, -0.2) is 4.98 Å². The molecule has 0 bridgehead atoms. The van der Waals surface area contributed by atoms with E-state index >= 15 is 0 Å². The third-order valence-corrected chi connectivity index (χ3v) is 4.26. The fourth-order valence-corrected chi connectivity index (χ4v) is 2.72. The van der Waals surface area contributed by atoms with Crippen LogP contribution in [0.1, 0.15) is 13.8 Å². The molecule has 2 aromatic heterocycles. The van der Waals surface area contributed by atoms with E-state index in [9.17, 15) is 0 Å². The standard InChI is InChI=1S/C17H20ClN5O/c1-3-23(4-2)10-9-19-16-14-15(12-5-7-13(18)8-6-12)22-24-17(14)21-11-20-16/h5-8,11H,3-4,9-10H2,1-2H3,(H,19,20,21). The van der Waals surface area contributed by atoms with Gasteiger partial charge < -0.3 is 14.7 Å². The summed E-state index contributed by atoms with van der Waals surface area (Å²) in [6, 6.07) is 7.47. The normalized spacial score (nSPS) is 11.3. The SMILES string of the molecule is CCN(CC)CCNc1ncnc2onc(-c3ccc(Cl)cc3)c12. The first-order valence-corrected chi connectivity index (χ1v) is 8.43. The third-order valence-electron chi connectivity index (χ3n) is 4.01. The van der Waals surface area contributed by atoms with Crippen molar-refractivity contribution in [2.24, 2.45) is 0 Å². The molecule has 2 heterocycles. The van der Waals surface area contributed by atoms with Crippen LogP contribution in [0, 0.1) is 0 Å². The lowest BCUT2D eigenvalue weighted by Gasteiger charge is -2.18. The summed E-state index contributed by atoms with van der Waals surface area (Å²) in [5.74, 6) is 0.735. The Morgan fingerprint density at radius 1 is 1.12 bits per heavy atom. The topological polar surface area (TPSA) is 67.1 Å². The summed E-state index contributed by atoms with van der Waals surface area (Å²) in [6.07, 6.45) is 1.49. The Kier molecular flexibility index (Phi) is 5.27. The van der Waals surface area contributed by atoms with E-state index in [4.69, 9.17) is 16.1 Å². The zero-order chi connectivity index (χ0) is 16.9. The lowest BCUT2D eigenvalue weighted by atomic mass is 10.1. The van der Waals surface area contributed by atoms with E-state index in [1.165, 1.54) is 6.33 Å². The Labute approximate surface area is 145 Å². The van der Waals surface area contributed by atoms with Crippen molar-refractivity contribution < 1.29 is 4.52 Å². The van der Waals surface area contributed by atoms with Gasteiger partial charge >= 0.3 is 0 Å². The number of nitrogens with zero attached hydrogens (tertiary/aromatic N) is 4. The highest BCUT2D eigenvalue weighted by Gasteiger charge is 2.16. The number of nitrogens with one attached hydrogen (secondary N) is 1. The number of halogens is 1. The van der Waals surface area contributed by atoms with E-state index in [0.717, 1.165) is 42.9 Å². The van der Waals surface area contributed by atoms with Gasteiger partial charge in [-0.15, -0.1) is 0 Å². The van der Waals surface area contributed by atoms with Crippen molar-refractivity contribution in [2.45, 2.75) is 13.8 Å². The maximum Gasteiger partial charge on any atom is 0.263 e. The number of likely N-dealkylation sites (N-methyl/N-ethyl adjacent to an activating group) is 1. The van der Waals surface area contributed by atoms with E-state index in [0.29, 0.717) is 16.4 Å². The predicted octanol–water partition coefficient (Wildman–Crippen LogP) is 3.69. The summed E-state index contributed by atoms with van der Waals surface area (Å²) < 4.78 is 5.36. The van der Waals surface area contributed by atoms with E-state index < -0.39 is 0 Å². The number of hydrogen-bond donors (Lipinski definition) is 1. The molecule has 0 aliphatic rings. The van der Waals surface area contributed by atoms with Gasteiger partial charge in [0.25, 0.3) is 5.71 Å². The number of rotatable bonds is 7.